The number of hydrogen-bond acceptors (Lipinski definition) is 6. The predicted octanol–water partition coefficient (Wildman–Crippen LogP) is 2.90. The highest BCUT2D eigenvalue weighted by Gasteiger charge is 2.29. The Morgan fingerprint density at radius 3 is 2.52 bits per heavy atom. The molecule has 0 N–H and O–H groups in total. The molecule has 0 unspecified atom stereocenters. The van der Waals surface area contributed by atoms with E-state index in [-0.39, 0.29) is 29.0 Å². The number of benzene rings is 1. The molecule has 3 rings (SSSR count). The highest BCUT2D eigenvalue weighted by atomic mass is 32.2. The van der Waals surface area contributed by atoms with E-state index in [0.29, 0.717) is 5.76 Å². The zero-order chi connectivity index (χ0) is 19.4. The van der Waals surface area contributed by atoms with Crippen molar-refractivity contribution in [3.63, 3.8) is 0 Å². The van der Waals surface area contributed by atoms with E-state index in [4.69, 9.17) is 4.42 Å². The van der Waals surface area contributed by atoms with Gasteiger partial charge in [0.25, 0.3) is 10.0 Å². The summed E-state index contributed by atoms with van der Waals surface area (Å²) in [6.45, 7) is 1.73. The lowest BCUT2D eigenvalue weighted by Crippen LogP contribution is -2.41. The maximum Gasteiger partial charge on any atom is 0.266 e. The average molecular weight is 406 g/mol. The number of carbonyl (C=O) groups excluding carboxylic acids is 1. The van der Waals surface area contributed by atoms with Crippen molar-refractivity contribution in [3.8, 4) is 0 Å². The first-order valence-corrected chi connectivity index (χ1v) is 10.5. The van der Waals surface area contributed by atoms with Gasteiger partial charge in [-0.25, -0.2) is 17.7 Å². The molecule has 7 nitrogen and oxygen atoms in total. The molecule has 2 aromatic heterocycles. The van der Waals surface area contributed by atoms with Crippen LogP contribution in [0.25, 0.3) is 0 Å². The van der Waals surface area contributed by atoms with Gasteiger partial charge in [0.05, 0.1) is 11.4 Å². The van der Waals surface area contributed by atoms with Crippen LogP contribution >= 0.6 is 11.3 Å². The maximum atomic E-state index is 13.1. The van der Waals surface area contributed by atoms with Gasteiger partial charge in [-0.2, -0.15) is 0 Å². The van der Waals surface area contributed by atoms with Crippen molar-refractivity contribution in [3.05, 3.63) is 65.6 Å². The number of amides is 1. The third-order valence-electron chi connectivity index (χ3n) is 3.86. The molecule has 9 heteroatoms. The minimum atomic E-state index is -3.91. The number of likely N-dealkylation sites (N-methyl/N-ethyl adjacent to an activating group) is 1. The largest absolute Gasteiger partial charge is 0.464 e. The van der Waals surface area contributed by atoms with Gasteiger partial charge in [0, 0.05) is 18.6 Å². The first-order chi connectivity index (χ1) is 12.9. The van der Waals surface area contributed by atoms with Crippen molar-refractivity contribution in [1.82, 2.24) is 9.88 Å². The molecular weight excluding hydrogens is 386 g/mol. The topological polar surface area (TPSA) is 83.7 Å². The van der Waals surface area contributed by atoms with Crippen molar-refractivity contribution in [2.75, 3.05) is 17.9 Å². The van der Waals surface area contributed by atoms with E-state index in [1.54, 1.807) is 36.7 Å². The Morgan fingerprint density at radius 2 is 1.93 bits per heavy atom. The molecule has 0 bridgehead atoms. The second-order valence-electron chi connectivity index (χ2n) is 5.90. The van der Waals surface area contributed by atoms with E-state index in [2.05, 4.69) is 4.98 Å². The summed E-state index contributed by atoms with van der Waals surface area (Å²) in [5.41, 5.74) is 0. The number of rotatable bonds is 7. The third-order valence-corrected chi connectivity index (χ3v) is 6.52. The van der Waals surface area contributed by atoms with Crippen LogP contribution in [0.2, 0.25) is 0 Å². The van der Waals surface area contributed by atoms with Gasteiger partial charge in [-0.1, -0.05) is 18.2 Å². The summed E-state index contributed by atoms with van der Waals surface area (Å²) in [4.78, 5) is 18.3. The second-order valence-corrected chi connectivity index (χ2v) is 8.64. The Balaban J connectivity index is 1.83. The number of anilines is 1. The van der Waals surface area contributed by atoms with Crippen LogP contribution in [-0.4, -0.2) is 37.8 Å². The van der Waals surface area contributed by atoms with Gasteiger partial charge in [-0.15, -0.1) is 11.3 Å². The lowest BCUT2D eigenvalue weighted by molar-refractivity contribution is -0.129. The number of nitrogens with zero attached hydrogens (tertiary/aromatic N) is 3. The highest BCUT2D eigenvalue weighted by Crippen LogP contribution is 2.25. The van der Waals surface area contributed by atoms with Gasteiger partial charge in [-0.05, 0) is 31.2 Å². The smallest absolute Gasteiger partial charge is 0.266 e. The predicted molar refractivity (Wildman–Crippen MR) is 103 cm³/mol. The Labute approximate surface area is 161 Å². The summed E-state index contributed by atoms with van der Waals surface area (Å²) >= 11 is 1.16. The fourth-order valence-corrected chi connectivity index (χ4v) is 4.71. The van der Waals surface area contributed by atoms with E-state index in [1.807, 2.05) is 13.0 Å². The lowest BCUT2D eigenvalue weighted by atomic mass is 10.4. The molecule has 0 aliphatic heterocycles. The van der Waals surface area contributed by atoms with E-state index >= 15 is 0 Å². The number of aryl methyl sites for hydroxylation is 1. The molecule has 1 amide bonds. The SMILES string of the molecule is Cc1ccc(CN(C)C(=O)CN(c2nccs2)S(=O)(=O)c2ccccc2)o1. The Bertz CT molecular complexity index is 998. The fourth-order valence-electron chi connectivity index (χ4n) is 2.45. The van der Waals surface area contributed by atoms with Crippen molar-refractivity contribution in [2.45, 2.75) is 18.4 Å². The summed E-state index contributed by atoms with van der Waals surface area (Å²) in [6.07, 6.45) is 1.51. The van der Waals surface area contributed by atoms with Crippen LogP contribution in [0.1, 0.15) is 11.5 Å². The molecule has 0 aliphatic carbocycles. The van der Waals surface area contributed by atoms with Crippen LogP contribution < -0.4 is 4.31 Å². The molecule has 3 aromatic rings. The minimum absolute atomic E-state index is 0.109. The van der Waals surface area contributed by atoms with Crippen LogP contribution in [0.4, 0.5) is 5.13 Å². The van der Waals surface area contributed by atoms with E-state index in [0.717, 1.165) is 21.4 Å². The number of furan rings is 1. The van der Waals surface area contributed by atoms with Gasteiger partial charge in [0.1, 0.15) is 18.1 Å². The molecule has 0 atom stereocenters. The Hall–Kier alpha value is -2.65. The summed E-state index contributed by atoms with van der Waals surface area (Å²) in [6, 6.07) is 11.6. The Morgan fingerprint density at radius 1 is 1.19 bits per heavy atom. The molecule has 142 valence electrons. The van der Waals surface area contributed by atoms with Crippen molar-refractivity contribution < 1.29 is 17.6 Å². The maximum absolute atomic E-state index is 13.1. The molecule has 0 aliphatic rings. The van der Waals surface area contributed by atoms with Crippen LogP contribution in [0.3, 0.4) is 0 Å². The molecule has 1 aromatic carbocycles. The van der Waals surface area contributed by atoms with Gasteiger partial charge < -0.3 is 9.32 Å². The first kappa shape index (κ1) is 19.1. The van der Waals surface area contributed by atoms with Crippen LogP contribution in [0.15, 0.2) is 63.4 Å². The fraction of sp³-hybridized carbons (Fsp3) is 0.222. The summed E-state index contributed by atoms with van der Waals surface area (Å²) in [7, 11) is -2.30. The highest BCUT2D eigenvalue weighted by molar-refractivity contribution is 7.93. The monoisotopic (exact) mass is 405 g/mol. The molecule has 0 saturated heterocycles. The van der Waals surface area contributed by atoms with Crippen molar-refractivity contribution >= 4 is 32.4 Å². The molecule has 0 radical (unpaired) electrons. The number of sulfonamides is 1. The number of carbonyl (C=O) groups is 1. The quantitative estimate of drug-likeness (QED) is 0.603. The van der Waals surface area contributed by atoms with E-state index in [1.165, 1.54) is 23.2 Å². The van der Waals surface area contributed by atoms with E-state index in [9.17, 15) is 13.2 Å². The number of hydrogen-bond donors (Lipinski definition) is 0. The Kier molecular flexibility index (Phi) is 5.62. The van der Waals surface area contributed by atoms with Crippen LogP contribution in [0.5, 0.6) is 0 Å². The molecule has 0 fully saturated rings. The number of thiazole rings is 1. The van der Waals surface area contributed by atoms with Gasteiger partial charge in [-0.3, -0.25) is 4.79 Å². The minimum Gasteiger partial charge on any atom is -0.464 e. The molecule has 2 heterocycles. The first-order valence-electron chi connectivity index (χ1n) is 8.14. The molecule has 27 heavy (non-hydrogen) atoms. The summed E-state index contributed by atoms with van der Waals surface area (Å²) < 4.78 is 32.6. The zero-order valence-electron chi connectivity index (χ0n) is 14.9. The van der Waals surface area contributed by atoms with Gasteiger partial charge in [0.2, 0.25) is 5.91 Å². The number of aromatic nitrogens is 1. The van der Waals surface area contributed by atoms with Crippen molar-refractivity contribution in [1.29, 1.82) is 0 Å². The molecule has 0 saturated carbocycles. The zero-order valence-corrected chi connectivity index (χ0v) is 16.5. The second kappa shape index (κ2) is 7.93. The van der Waals surface area contributed by atoms with Crippen molar-refractivity contribution in [2.24, 2.45) is 0 Å². The molecular formula is C18H19N3O4S2. The van der Waals surface area contributed by atoms with Gasteiger partial charge in [0.15, 0.2) is 5.13 Å². The average Bonchev–Trinajstić information content (AvgIpc) is 3.32. The summed E-state index contributed by atoms with van der Waals surface area (Å²) in [5, 5.41) is 1.91. The third kappa shape index (κ3) is 4.37. The van der Waals surface area contributed by atoms with Crippen LogP contribution in [-0.2, 0) is 21.4 Å². The normalized spacial score (nSPS) is 11.3. The summed E-state index contributed by atoms with van der Waals surface area (Å²) in [5.74, 6) is 1.02. The lowest BCUT2D eigenvalue weighted by Gasteiger charge is -2.24. The van der Waals surface area contributed by atoms with E-state index < -0.39 is 10.0 Å². The van der Waals surface area contributed by atoms with Gasteiger partial charge >= 0.3 is 0 Å². The van der Waals surface area contributed by atoms with Crippen LogP contribution in [0, 0.1) is 6.92 Å². The standard InChI is InChI=1S/C18H19N3O4S2/c1-14-8-9-15(25-14)12-20(2)17(22)13-21(18-19-10-11-26-18)27(23,24)16-6-4-3-5-7-16/h3-11H,12-13H2,1-2H3. The molecule has 0 spiro atoms.